The van der Waals surface area contributed by atoms with E-state index in [-0.39, 0.29) is 11.9 Å². The standard InChI is InChI=1S/C17H28N2O/c1-4-19(17(20)16(18)13-14(2)3)12-8-11-15-9-6-5-7-10-15/h5-7,9-10,14,16H,4,8,11-13,18H2,1-3H3. The van der Waals surface area contributed by atoms with E-state index in [4.69, 9.17) is 5.73 Å². The first-order chi connectivity index (χ1) is 9.54. The Morgan fingerprint density at radius 3 is 2.45 bits per heavy atom. The summed E-state index contributed by atoms with van der Waals surface area (Å²) >= 11 is 0. The van der Waals surface area contributed by atoms with Crippen LogP contribution in [0.25, 0.3) is 0 Å². The molecule has 112 valence electrons. The van der Waals surface area contributed by atoms with Crippen molar-refractivity contribution >= 4 is 5.91 Å². The minimum absolute atomic E-state index is 0.0919. The van der Waals surface area contributed by atoms with Crippen molar-refractivity contribution in [3.8, 4) is 0 Å². The highest BCUT2D eigenvalue weighted by atomic mass is 16.2. The summed E-state index contributed by atoms with van der Waals surface area (Å²) < 4.78 is 0. The van der Waals surface area contributed by atoms with Gasteiger partial charge in [0.15, 0.2) is 0 Å². The zero-order chi connectivity index (χ0) is 15.0. The van der Waals surface area contributed by atoms with Crippen LogP contribution in [0.2, 0.25) is 0 Å². The Kier molecular flexibility index (Phi) is 7.31. The largest absolute Gasteiger partial charge is 0.342 e. The number of carbonyl (C=O) groups excluding carboxylic acids is 1. The summed E-state index contributed by atoms with van der Waals surface area (Å²) in [5.41, 5.74) is 7.31. The van der Waals surface area contributed by atoms with Crippen LogP contribution in [0.15, 0.2) is 30.3 Å². The van der Waals surface area contributed by atoms with Gasteiger partial charge in [-0.1, -0.05) is 44.2 Å². The summed E-state index contributed by atoms with van der Waals surface area (Å²) in [5, 5.41) is 0. The molecule has 1 atom stereocenters. The summed E-state index contributed by atoms with van der Waals surface area (Å²) in [7, 11) is 0. The number of likely N-dealkylation sites (N-methyl/N-ethyl adjacent to an activating group) is 1. The molecule has 3 nitrogen and oxygen atoms in total. The number of hydrogen-bond donors (Lipinski definition) is 1. The molecular formula is C17H28N2O. The van der Waals surface area contributed by atoms with Gasteiger partial charge < -0.3 is 10.6 Å². The van der Waals surface area contributed by atoms with Crippen molar-refractivity contribution in [1.82, 2.24) is 4.90 Å². The molecule has 1 unspecified atom stereocenters. The molecule has 1 amide bonds. The van der Waals surface area contributed by atoms with Crippen LogP contribution in [0.3, 0.4) is 0 Å². The van der Waals surface area contributed by atoms with E-state index in [1.807, 2.05) is 17.9 Å². The number of rotatable bonds is 8. The summed E-state index contributed by atoms with van der Waals surface area (Å²) in [6.45, 7) is 7.73. The first-order valence-corrected chi connectivity index (χ1v) is 7.62. The number of amides is 1. The molecule has 0 aromatic heterocycles. The van der Waals surface area contributed by atoms with Crippen LogP contribution >= 0.6 is 0 Å². The fourth-order valence-electron chi connectivity index (χ4n) is 2.39. The van der Waals surface area contributed by atoms with E-state index in [0.29, 0.717) is 5.92 Å². The van der Waals surface area contributed by atoms with Crippen LogP contribution < -0.4 is 5.73 Å². The number of aryl methyl sites for hydroxylation is 1. The molecule has 20 heavy (non-hydrogen) atoms. The smallest absolute Gasteiger partial charge is 0.239 e. The molecule has 0 heterocycles. The van der Waals surface area contributed by atoms with Gasteiger partial charge in [0, 0.05) is 13.1 Å². The molecular weight excluding hydrogens is 248 g/mol. The van der Waals surface area contributed by atoms with Gasteiger partial charge in [-0.3, -0.25) is 4.79 Å². The summed E-state index contributed by atoms with van der Waals surface area (Å²) in [6, 6.07) is 10.0. The van der Waals surface area contributed by atoms with E-state index >= 15 is 0 Å². The molecule has 1 rings (SSSR count). The first-order valence-electron chi connectivity index (χ1n) is 7.62. The zero-order valence-corrected chi connectivity index (χ0v) is 13.0. The van der Waals surface area contributed by atoms with Crippen LogP contribution in [0.1, 0.15) is 39.2 Å². The summed E-state index contributed by atoms with van der Waals surface area (Å²) in [6.07, 6.45) is 2.75. The first kappa shape index (κ1) is 16.7. The summed E-state index contributed by atoms with van der Waals surface area (Å²) in [5.74, 6) is 0.547. The van der Waals surface area contributed by atoms with Gasteiger partial charge in [0.1, 0.15) is 0 Å². The lowest BCUT2D eigenvalue weighted by atomic mass is 10.0. The van der Waals surface area contributed by atoms with Crippen LogP contribution in [-0.2, 0) is 11.2 Å². The summed E-state index contributed by atoms with van der Waals surface area (Å²) in [4.78, 5) is 14.1. The van der Waals surface area contributed by atoms with Gasteiger partial charge in [0.25, 0.3) is 0 Å². The molecule has 2 N–H and O–H groups in total. The number of nitrogens with two attached hydrogens (primary N) is 1. The lowest BCUT2D eigenvalue weighted by Gasteiger charge is -2.25. The molecule has 1 aromatic carbocycles. The van der Waals surface area contributed by atoms with Crippen molar-refractivity contribution in [3.63, 3.8) is 0 Å². The zero-order valence-electron chi connectivity index (χ0n) is 13.0. The Bertz CT molecular complexity index is 389. The van der Waals surface area contributed by atoms with Gasteiger partial charge in [0.05, 0.1) is 6.04 Å². The van der Waals surface area contributed by atoms with Crippen molar-refractivity contribution in [2.24, 2.45) is 11.7 Å². The van der Waals surface area contributed by atoms with E-state index in [9.17, 15) is 4.79 Å². The number of benzene rings is 1. The third-order valence-corrected chi connectivity index (χ3v) is 3.47. The van der Waals surface area contributed by atoms with Crippen molar-refractivity contribution in [2.45, 2.75) is 46.1 Å². The number of nitrogens with zero attached hydrogens (tertiary/aromatic N) is 1. The topological polar surface area (TPSA) is 46.3 Å². The average Bonchev–Trinajstić information content (AvgIpc) is 2.43. The van der Waals surface area contributed by atoms with Gasteiger partial charge in [-0.15, -0.1) is 0 Å². The number of hydrogen-bond acceptors (Lipinski definition) is 2. The molecule has 0 fully saturated rings. The average molecular weight is 276 g/mol. The van der Waals surface area contributed by atoms with Gasteiger partial charge in [-0.2, -0.15) is 0 Å². The molecule has 0 aliphatic heterocycles. The highest BCUT2D eigenvalue weighted by molar-refractivity contribution is 5.81. The quantitative estimate of drug-likeness (QED) is 0.793. The predicted molar refractivity (Wildman–Crippen MR) is 84.4 cm³/mol. The Morgan fingerprint density at radius 2 is 1.90 bits per heavy atom. The maximum Gasteiger partial charge on any atom is 0.239 e. The van der Waals surface area contributed by atoms with Gasteiger partial charge in [-0.05, 0) is 37.7 Å². The van der Waals surface area contributed by atoms with Crippen molar-refractivity contribution in [1.29, 1.82) is 0 Å². The van der Waals surface area contributed by atoms with E-state index < -0.39 is 0 Å². The Balaban J connectivity index is 2.40. The maximum atomic E-state index is 12.3. The SMILES string of the molecule is CCN(CCCc1ccccc1)C(=O)C(N)CC(C)C. The van der Waals surface area contributed by atoms with Crippen molar-refractivity contribution in [3.05, 3.63) is 35.9 Å². The Morgan fingerprint density at radius 1 is 1.25 bits per heavy atom. The van der Waals surface area contributed by atoms with Gasteiger partial charge in [-0.25, -0.2) is 0 Å². The molecule has 3 heteroatoms. The highest BCUT2D eigenvalue weighted by Gasteiger charge is 2.20. The minimum Gasteiger partial charge on any atom is -0.342 e. The van der Waals surface area contributed by atoms with Crippen LogP contribution in [0, 0.1) is 5.92 Å². The number of carbonyl (C=O) groups is 1. The second-order valence-electron chi connectivity index (χ2n) is 5.74. The third-order valence-electron chi connectivity index (χ3n) is 3.47. The normalized spacial score (nSPS) is 12.4. The fourth-order valence-corrected chi connectivity index (χ4v) is 2.39. The second-order valence-corrected chi connectivity index (χ2v) is 5.74. The lowest BCUT2D eigenvalue weighted by molar-refractivity contribution is -0.132. The van der Waals surface area contributed by atoms with Gasteiger partial charge in [0.2, 0.25) is 5.91 Å². The molecule has 0 aliphatic rings. The van der Waals surface area contributed by atoms with Crippen molar-refractivity contribution in [2.75, 3.05) is 13.1 Å². The van der Waals surface area contributed by atoms with E-state index in [1.54, 1.807) is 0 Å². The monoisotopic (exact) mass is 276 g/mol. The fraction of sp³-hybridized carbons (Fsp3) is 0.588. The predicted octanol–water partition coefficient (Wildman–Crippen LogP) is 2.84. The molecule has 0 saturated carbocycles. The Hall–Kier alpha value is -1.35. The molecule has 0 bridgehead atoms. The van der Waals surface area contributed by atoms with E-state index in [2.05, 4.69) is 38.1 Å². The molecule has 0 radical (unpaired) electrons. The Labute approximate surface area is 123 Å². The third kappa shape index (κ3) is 5.74. The molecule has 1 aromatic rings. The van der Waals surface area contributed by atoms with E-state index in [0.717, 1.165) is 32.4 Å². The second kappa shape index (κ2) is 8.75. The highest BCUT2D eigenvalue weighted by Crippen LogP contribution is 2.08. The molecule has 0 spiro atoms. The molecule has 0 aliphatic carbocycles. The molecule has 0 saturated heterocycles. The minimum atomic E-state index is -0.355. The van der Waals surface area contributed by atoms with Crippen LogP contribution in [0.4, 0.5) is 0 Å². The van der Waals surface area contributed by atoms with Crippen LogP contribution in [0.5, 0.6) is 0 Å². The van der Waals surface area contributed by atoms with E-state index in [1.165, 1.54) is 5.56 Å². The van der Waals surface area contributed by atoms with Gasteiger partial charge >= 0.3 is 0 Å². The maximum absolute atomic E-state index is 12.3. The van der Waals surface area contributed by atoms with Crippen LogP contribution in [-0.4, -0.2) is 29.9 Å². The lowest BCUT2D eigenvalue weighted by Crippen LogP contribution is -2.44. The van der Waals surface area contributed by atoms with Crippen molar-refractivity contribution < 1.29 is 4.79 Å².